The predicted octanol–water partition coefficient (Wildman–Crippen LogP) is 5.91. The molecule has 0 spiro atoms. The van der Waals surface area contributed by atoms with Crippen molar-refractivity contribution in [3.8, 4) is 11.5 Å². The number of thioether (sulfide) groups is 1. The highest BCUT2D eigenvalue weighted by atomic mass is 79.9. The number of halogens is 1. The van der Waals surface area contributed by atoms with Gasteiger partial charge in [-0.2, -0.15) is 0 Å². The molecule has 1 aliphatic rings. The number of carbonyl (C=O) groups excluding carboxylic acids is 3. The van der Waals surface area contributed by atoms with Gasteiger partial charge in [0.25, 0.3) is 11.1 Å². The Labute approximate surface area is 203 Å². The number of hydrogen-bond acceptors (Lipinski definition) is 6. The van der Waals surface area contributed by atoms with Crippen molar-refractivity contribution in [1.82, 2.24) is 4.90 Å². The number of imide groups is 1. The first-order chi connectivity index (χ1) is 16.0. The first-order valence-corrected chi connectivity index (χ1v) is 11.5. The Morgan fingerprint density at radius 3 is 2.42 bits per heavy atom. The smallest absolute Gasteiger partial charge is 0.343 e. The third-order valence-electron chi connectivity index (χ3n) is 4.89. The monoisotopic (exact) mass is 523 g/mol. The van der Waals surface area contributed by atoms with Crippen molar-refractivity contribution in [3.63, 3.8) is 0 Å². The molecule has 1 aliphatic heterocycles. The van der Waals surface area contributed by atoms with Gasteiger partial charge in [-0.25, -0.2) is 4.79 Å². The second kappa shape index (κ2) is 10.1. The first-order valence-electron chi connectivity index (χ1n) is 9.90. The van der Waals surface area contributed by atoms with Gasteiger partial charge in [0.1, 0.15) is 11.5 Å². The van der Waals surface area contributed by atoms with E-state index in [1.807, 2.05) is 24.3 Å². The summed E-state index contributed by atoms with van der Waals surface area (Å²) in [4.78, 5) is 39.5. The Kier molecular flexibility index (Phi) is 6.96. The molecule has 166 valence electrons. The highest BCUT2D eigenvalue weighted by molar-refractivity contribution is 9.10. The summed E-state index contributed by atoms with van der Waals surface area (Å²) in [6.45, 7) is 0.164. The quantitative estimate of drug-likeness (QED) is 0.227. The molecule has 0 unspecified atom stereocenters. The van der Waals surface area contributed by atoms with Crippen LogP contribution >= 0.6 is 27.7 Å². The van der Waals surface area contributed by atoms with Crippen LogP contribution in [0.2, 0.25) is 0 Å². The minimum absolute atomic E-state index is 0.164. The number of para-hydroxylation sites is 1. The highest BCUT2D eigenvalue weighted by Gasteiger charge is 2.35. The number of hydrogen-bond donors (Lipinski definition) is 0. The van der Waals surface area contributed by atoms with E-state index in [9.17, 15) is 14.4 Å². The molecule has 6 nitrogen and oxygen atoms in total. The van der Waals surface area contributed by atoms with Crippen LogP contribution in [0.3, 0.4) is 0 Å². The van der Waals surface area contributed by atoms with E-state index >= 15 is 0 Å². The molecule has 33 heavy (non-hydrogen) atoms. The van der Waals surface area contributed by atoms with Crippen molar-refractivity contribution in [2.75, 3.05) is 7.11 Å². The van der Waals surface area contributed by atoms with Gasteiger partial charge in [0.05, 0.1) is 24.1 Å². The lowest BCUT2D eigenvalue weighted by molar-refractivity contribution is -0.123. The van der Waals surface area contributed by atoms with Crippen molar-refractivity contribution < 1.29 is 23.9 Å². The Morgan fingerprint density at radius 1 is 1.00 bits per heavy atom. The normalized spacial score (nSPS) is 14.6. The van der Waals surface area contributed by atoms with E-state index in [4.69, 9.17) is 9.47 Å². The van der Waals surface area contributed by atoms with E-state index in [0.29, 0.717) is 16.9 Å². The number of carbonyl (C=O) groups is 3. The van der Waals surface area contributed by atoms with Crippen LogP contribution in [0.15, 0.2) is 82.2 Å². The van der Waals surface area contributed by atoms with Crippen molar-refractivity contribution >= 4 is 50.9 Å². The average Bonchev–Trinajstić information content (AvgIpc) is 3.09. The zero-order valence-corrected chi connectivity index (χ0v) is 19.9. The molecule has 0 radical (unpaired) electrons. The molecule has 0 aliphatic carbocycles. The maximum Gasteiger partial charge on any atom is 0.343 e. The van der Waals surface area contributed by atoms with Crippen LogP contribution in [0.1, 0.15) is 21.5 Å². The molecular weight excluding hydrogens is 506 g/mol. The highest BCUT2D eigenvalue weighted by Crippen LogP contribution is 2.35. The van der Waals surface area contributed by atoms with Crippen LogP contribution in [0, 0.1) is 0 Å². The summed E-state index contributed by atoms with van der Waals surface area (Å²) in [6, 6.07) is 20.8. The number of nitrogens with zero attached hydrogens (tertiary/aromatic N) is 1. The molecule has 0 saturated carbocycles. The van der Waals surface area contributed by atoms with Crippen LogP contribution in [0.4, 0.5) is 4.79 Å². The number of amides is 2. The molecule has 3 aromatic rings. The lowest BCUT2D eigenvalue weighted by Crippen LogP contribution is -2.27. The van der Waals surface area contributed by atoms with E-state index in [0.717, 1.165) is 21.8 Å². The van der Waals surface area contributed by atoms with Crippen LogP contribution in [-0.4, -0.2) is 29.1 Å². The number of rotatable bonds is 6. The SMILES string of the molecule is COc1ccc(C(=O)Oc2ccccc2/C=C2\SC(=O)N(Cc3ccccc3Br)C2=O)cc1. The summed E-state index contributed by atoms with van der Waals surface area (Å²) in [6.07, 6.45) is 1.57. The molecule has 0 bridgehead atoms. The average molecular weight is 524 g/mol. The summed E-state index contributed by atoms with van der Waals surface area (Å²) >= 11 is 4.30. The van der Waals surface area contributed by atoms with Crippen LogP contribution < -0.4 is 9.47 Å². The lowest BCUT2D eigenvalue weighted by Gasteiger charge is -2.13. The Hall–Kier alpha value is -3.36. The van der Waals surface area contributed by atoms with Crippen molar-refractivity contribution in [1.29, 1.82) is 0 Å². The van der Waals surface area contributed by atoms with Crippen molar-refractivity contribution in [2.24, 2.45) is 0 Å². The molecule has 4 rings (SSSR count). The molecule has 0 N–H and O–H groups in total. The Bertz CT molecular complexity index is 1260. The van der Waals surface area contributed by atoms with Gasteiger partial charge in [0.2, 0.25) is 0 Å². The zero-order valence-electron chi connectivity index (χ0n) is 17.5. The van der Waals surface area contributed by atoms with Crippen molar-refractivity contribution in [3.05, 3.63) is 98.9 Å². The molecule has 1 saturated heterocycles. The fourth-order valence-electron chi connectivity index (χ4n) is 3.15. The number of ether oxygens (including phenoxy) is 2. The summed E-state index contributed by atoms with van der Waals surface area (Å²) < 4.78 is 11.5. The first kappa shape index (κ1) is 22.8. The fourth-order valence-corrected chi connectivity index (χ4v) is 4.39. The Balaban J connectivity index is 1.54. The standard InChI is InChI=1S/C25H18BrNO5S/c1-31-19-12-10-16(11-13-19)24(29)32-21-9-5-3-6-17(21)14-22-23(28)27(25(30)33-22)15-18-7-2-4-8-20(18)26/h2-14H,15H2,1H3/b22-14-. The van der Waals surface area contributed by atoms with Gasteiger partial charge in [-0.3, -0.25) is 14.5 Å². The summed E-state index contributed by atoms with van der Waals surface area (Å²) in [5, 5.41) is -0.352. The lowest BCUT2D eigenvalue weighted by atomic mass is 10.1. The van der Waals surface area contributed by atoms with Gasteiger partial charge >= 0.3 is 5.97 Å². The van der Waals surface area contributed by atoms with Crippen LogP contribution in [0.5, 0.6) is 11.5 Å². The molecule has 0 atom stereocenters. The third kappa shape index (κ3) is 5.18. The maximum absolute atomic E-state index is 12.9. The topological polar surface area (TPSA) is 72.9 Å². The molecule has 8 heteroatoms. The second-order valence-corrected chi connectivity index (χ2v) is 8.86. The molecule has 1 fully saturated rings. The molecule has 0 aromatic heterocycles. The maximum atomic E-state index is 12.9. The van der Waals surface area contributed by atoms with E-state index in [1.54, 1.807) is 61.7 Å². The molecule has 1 heterocycles. The summed E-state index contributed by atoms with van der Waals surface area (Å²) in [5.74, 6) is -0.0151. The van der Waals surface area contributed by atoms with Gasteiger partial charge < -0.3 is 9.47 Å². The van der Waals surface area contributed by atoms with Gasteiger partial charge in [-0.15, -0.1) is 0 Å². The number of esters is 1. The van der Waals surface area contributed by atoms with Gasteiger partial charge in [-0.1, -0.05) is 52.3 Å². The van der Waals surface area contributed by atoms with E-state index in [-0.39, 0.29) is 22.4 Å². The number of methoxy groups -OCH3 is 1. The molecular formula is C25H18BrNO5S. The molecule has 3 aromatic carbocycles. The largest absolute Gasteiger partial charge is 0.497 e. The fraction of sp³-hybridized carbons (Fsp3) is 0.0800. The van der Waals surface area contributed by atoms with Crippen molar-refractivity contribution in [2.45, 2.75) is 6.54 Å². The van der Waals surface area contributed by atoms with Crippen LogP contribution in [-0.2, 0) is 11.3 Å². The molecule has 2 amide bonds. The predicted molar refractivity (Wildman–Crippen MR) is 130 cm³/mol. The van der Waals surface area contributed by atoms with Gasteiger partial charge in [0.15, 0.2) is 0 Å². The van der Waals surface area contributed by atoms with E-state index in [2.05, 4.69) is 15.9 Å². The summed E-state index contributed by atoms with van der Waals surface area (Å²) in [7, 11) is 1.55. The Morgan fingerprint density at radius 2 is 1.70 bits per heavy atom. The van der Waals surface area contributed by atoms with Crippen LogP contribution in [0.25, 0.3) is 6.08 Å². The van der Waals surface area contributed by atoms with E-state index in [1.165, 1.54) is 4.90 Å². The third-order valence-corrected chi connectivity index (χ3v) is 6.57. The minimum atomic E-state index is -0.541. The second-order valence-electron chi connectivity index (χ2n) is 7.02. The number of benzene rings is 3. The van der Waals surface area contributed by atoms with E-state index < -0.39 is 11.9 Å². The van der Waals surface area contributed by atoms with Gasteiger partial charge in [-0.05, 0) is 59.8 Å². The van der Waals surface area contributed by atoms with Gasteiger partial charge in [0, 0.05) is 10.0 Å². The zero-order chi connectivity index (χ0) is 23.4. The minimum Gasteiger partial charge on any atom is -0.497 e. The summed E-state index contributed by atoms with van der Waals surface area (Å²) in [5.41, 5.74) is 1.71.